The second-order valence-electron chi connectivity index (χ2n) is 3.13. The van der Waals surface area contributed by atoms with E-state index < -0.39 is 0 Å². The van der Waals surface area contributed by atoms with Crippen LogP contribution in [0.25, 0.3) is 0 Å². The summed E-state index contributed by atoms with van der Waals surface area (Å²) in [5, 5.41) is 6.70. The van der Waals surface area contributed by atoms with E-state index in [0.29, 0.717) is 11.4 Å². The van der Waals surface area contributed by atoms with Gasteiger partial charge in [-0.2, -0.15) is 0 Å². The van der Waals surface area contributed by atoms with Gasteiger partial charge < -0.3 is 5.32 Å². The van der Waals surface area contributed by atoms with Gasteiger partial charge in [-0.25, -0.2) is 0 Å². The van der Waals surface area contributed by atoms with Gasteiger partial charge in [-0.05, 0) is 27.1 Å². The first-order valence-corrected chi connectivity index (χ1v) is 4.61. The molecule has 1 aliphatic heterocycles. The first-order chi connectivity index (χ1) is 4.14. The predicted molar refractivity (Wildman–Crippen MR) is 43.2 cm³/mol. The average molecular weight is 146 g/mol. The molecule has 0 bridgehead atoms. The molecule has 1 heterocycles. The van der Waals surface area contributed by atoms with Crippen molar-refractivity contribution in [3.63, 3.8) is 0 Å². The minimum atomic E-state index is 0.367. The third-order valence-corrected chi connectivity index (χ3v) is 3.50. The Labute approximate surface area is 58.6 Å². The minimum Gasteiger partial charge on any atom is -0.302 e. The van der Waals surface area contributed by atoms with E-state index in [1.54, 1.807) is 0 Å². The second kappa shape index (κ2) is 2.53. The van der Waals surface area contributed by atoms with Crippen LogP contribution in [-0.2, 0) is 0 Å². The SMILES string of the molecule is CNC1NC(C)(C)CP1. The van der Waals surface area contributed by atoms with Crippen LogP contribution in [0.15, 0.2) is 0 Å². The maximum atomic E-state index is 3.48. The summed E-state index contributed by atoms with van der Waals surface area (Å²) in [6.45, 7) is 4.49. The summed E-state index contributed by atoms with van der Waals surface area (Å²) in [4.78, 5) is 0. The molecule has 0 spiro atoms. The number of hydrogen-bond donors (Lipinski definition) is 2. The van der Waals surface area contributed by atoms with Crippen molar-refractivity contribution in [2.75, 3.05) is 13.2 Å². The van der Waals surface area contributed by atoms with E-state index in [2.05, 4.69) is 24.5 Å². The monoisotopic (exact) mass is 146 g/mol. The third kappa shape index (κ3) is 1.89. The van der Waals surface area contributed by atoms with Crippen LogP contribution in [0.2, 0.25) is 0 Å². The van der Waals surface area contributed by atoms with Crippen molar-refractivity contribution in [3.05, 3.63) is 0 Å². The maximum absolute atomic E-state index is 3.48. The Kier molecular flexibility index (Phi) is 2.10. The molecule has 2 unspecified atom stereocenters. The molecule has 54 valence electrons. The first kappa shape index (κ1) is 7.46. The third-order valence-electron chi connectivity index (χ3n) is 1.57. The van der Waals surface area contributed by atoms with Crippen LogP contribution in [0.4, 0.5) is 0 Å². The summed E-state index contributed by atoms with van der Waals surface area (Å²) < 4.78 is 0. The van der Waals surface area contributed by atoms with Crippen LogP contribution in [0.5, 0.6) is 0 Å². The zero-order valence-corrected chi connectivity index (χ0v) is 7.28. The molecule has 0 radical (unpaired) electrons. The Morgan fingerprint density at radius 2 is 2.33 bits per heavy atom. The zero-order chi connectivity index (χ0) is 6.91. The van der Waals surface area contributed by atoms with Gasteiger partial charge in [-0.1, -0.05) is 8.58 Å². The molecular formula is C6H15N2P. The van der Waals surface area contributed by atoms with Gasteiger partial charge in [0.15, 0.2) is 0 Å². The van der Waals surface area contributed by atoms with Gasteiger partial charge in [0.25, 0.3) is 0 Å². The lowest BCUT2D eigenvalue weighted by Gasteiger charge is -2.18. The highest BCUT2D eigenvalue weighted by Crippen LogP contribution is 2.29. The summed E-state index contributed by atoms with van der Waals surface area (Å²) in [5.74, 6) is 0.569. The van der Waals surface area contributed by atoms with E-state index >= 15 is 0 Å². The van der Waals surface area contributed by atoms with Crippen molar-refractivity contribution in [2.45, 2.75) is 25.3 Å². The van der Waals surface area contributed by atoms with Gasteiger partial charge in [-0.15, -0.1) is 0 Å². The topological polar surface area (TPSA) is 24.1 Å². The smallest absolute Gasteiger partial charge is 0.0745 e. The highest BCUT2D eigenvalue weighted by atomic mass is 31.1. The number of hydrogen-bond acceptors (Lipinski definition) is 2. The van der Waals surface area contributed by atoms with Crippen molar-refractivity contribution in [3.8, 4) is 0 Å². The summed E-state index contributed by atoms with van der Waals surface area (Å²) in [5.41, 5.74) is 0.367. The standard InChI is InChI=1S/C6H15N2P/c1-6(2)4-9-5(7-3)8-6/h5,7-9H,4H2,1-3H3. The van der Waals surface area contributed by atoms with E-state index in [0.717, 1.165) is 8.58 Å². The second-order valence-corrected chi connectivity index (χ2v) is 4.47. The quantitative estimate of drug-likeness (QED) is 0.528. The van der Waals surface area contributed by atoms with Gasteiger partial charge >= 0.3 is 0 Å². The Balaban J connectivity index is 2.38. The average Bonchev–Trinajstić information content (AvgIpc) is 2.10. The maximum Gasteiger partial charge on any atom is 0.0745 e. The Hall–Kier alpha value is 0.350. The molecule has 0 aliphatic carbocycles. The van der Waals surface area contributed by atoms with Crippen molar-refractivity contribution in [2.24, 2.45) is 0 Å². The van der Waals surface area contributed by atoms with E-state index in [1.165, 1.54) is 6.16 Å². The number of rotatable bonds is 1. The van der Waals surface area contributed by atoms with Gasteiger partial charge in [0.2, 0.25) is 0 Å². The molecule has 0 aromatic rings. The molecule has 9 heavy (non-hydrogen) atoms. The van der Waals surface area contributed by atoms with Gasteiger partial charge in [0.05, 0.1) is 5.91 Å². The fraction of sp³-hybridized carbons (Fsp3) is 1.00. The largest absolute Gasteiger partial charge is 0.302 e. The highest BCUT2D eigenvalue weighted by Gasteiger charge is 2.28. The van der Waals surface area contributed by atoms with Crippen LogP contribution in [0, 0.1) is 0 Å². The molecule has 2 nitrogen and oxygen atoms in total. The molecule has 1 saturated heterocycles. The van der Waals surface area contributed by atoms with E-state index in [9.17, 15) is 0 Å². The molecular weight excluding hydrogens is 131 g/mol. The number of nitrogens with one attached hydrogen (secondary N) is 2. The Morgan fingerprint density at radius 1 is 1.67 bits per heavy atom. The molecule has 2 atom stereocenters. The van der Waals surface area contributed by atoms with Crippen molar-refractivity contribution in [1.82, 2.24) is 10.6 Å². The molecule has 0 saturated carbocycles. The van der Waals surface area contributed by atoms with Crippen LogP contribution in [-0.4, -0.2) is 24.7 Å². The van der Waals surface area contributed by atoms with E-state index in [1.807, 2.05) is 7.05 Å². The molecule has 0 amide bonds. The van der Waals surface area contributed by atoms with E-state index in [4.69, 9.17) is 0 Å². The minimum absolute atomic E-state index is 0.367. The van der Waals surface area contributed by atoms with Crippen LogP contribution >= 0.6 is 8.58 Å². The van der Waals surface area contributed by atoms with Crippen molar-refractivity contribution in [1.29, 1.82) is 0 Å². The van der Waals surface area contributed by atoms with Crippen molar-refractivity contribution >= 4 is 8.58 Å². The van der Waals surface area contributed by atoms with Crippen molar-refractivity contribution < 1.29 is 0 Å². The molecule has 3 heteroatoms. The Bertz CT molecular complexity index is 103. The molecule has 1 rings (SSSR count). The normalized spacial score (nSPS) is 35.7. The fourth-order valence-corrected chi connectivity index (χ4v) is 2.54. The summed E-state index contributed by atoms with van der Waals surface area (Å²) >= 11 is 0. The van der Waals surface area contributed by atoms with Crippen LogP contribution < -0.4 is 10.6 Å². The van der Waals surface area contributed by atoms with Gasteiger partial charge in [0, 0.05) is 5.54 Å². The zero-order valence-electron chi connectivity index (χ0n) is 6.28. The van der Waals surface area contributed by atoms with Gasteiger partial charge in [-0.3, -0.25) is 5.32 Å². The summed E-state index contributed by atoms with van der Waals surface area (Å²) in [6.07, 6.45) is 1.30. The fourth-order valence-electron chi connectivity index (χ4n) is 1.02. The first-order valence-electron chi connectivity index (χ1n) is 3.32. The molecule has 1 aliphatic rings. The molecule has 2 N–H and O–H groups in total. The Morgan fingerprint density at radius 3 is 2.56 bits per heavy atom. The lowest BCUT2D eigenvalue weighted by Crippen LogP contribution is -2.43. The molecule has 1 fully saturated rings. The van der Waals surface area contributed by atoms with Crippen LogP contribution in [0.1, 0.15) is 13.8 Å². The van der Waals surface area contributed by atoms with Gasteiger partial charge in [0.1, 0.15) is 0 Å². The van der Waals surface area contributed by atoms with Crippen LogP contribution in [0.3, 0.4) is 0 Å². The molecule has 0 aromatic carbocycles. The summed E-state index contributed by atoms with van der Waals surface area (Å²) in [7, 11) is 3.03. The lowest BCUT2D eigenvalue weighted by molar-refractivity contribution is 0.427. The molecule has 0 aromatic heterocycles. The van der Waals surface area contributed by atoms with E-state index in [-0.39, 0.29) is 0 Å². The summed E-state index contributed by atoms with van der Waals surface area (Å²) in [6, 6.07) is 0. The predicted octanol–water partition coefficient (Wildman–Crippen LogP) is 0.550. The highest BCUT2D eigenvalue weighted by molar-refractivity contribution is 7.39. The lowest BCUT2D eigenvalue weighted by atomic mass is 10.1.